The molecule has 0 radical (unpaired) electrons. The van der Waals surface area contributed by atoms with Crippen molar-refractivity contribution in [1.82, 2.24) is 14.2 Å². The average molecular weight is 434 g/mol. The van der Waals surface area contributed by atoms with Gasteiger partial charge in [0.1, 0.15) is 17.2 Å². The van der Waals surface area contributed by atoms with E-state index in [9.17, 15) is 14.0 Å². The van der Waals surface area contributed by atoms with E-state index in [1.54, 1.807) is 7.11 Å². The largest absolute Gasteiger partial charge is 0.496 e. The maximum atomic E-state index is 13.2. The van der Waals surface area contributed by atoms with E-state index in [0.29, 0.717) is 28.3 Å². The van der Waals surface area contributed by atoms with Crippen molar-refractivity contribution in [3.63, 3.8) is 0 Å². The topological polar surface area (TPSA) is 77.6 Å². The van der Waals surface area contributed by atoms with Crippen LogP contribution >= 0.6 is 0 Å². The highest BCUT2D eigenvalue weighted by Gasteiger charge is 2.18. The first-order chi connectivity index (χ1) is 15.4. The summed E-state index contributed by atoms with van der Waals surface area (Å²) in [6, 6.07) is 14.9. The Labute approximate surface area is 184 Å². The highest BCUT2D eigenvalue weighted by molar-refractivity contribution is 5.90. The molecule has 8 heteroatoms. The number of halogens is 1. The van der Waals surface area contributed by atoms with Crippen LogP contribution in [0.2, 0.25) is 0 Å². The number of nitrogens with zero attached hydrogens (tertiary/aromatic N) is 3. The third-order valence-electron chi connectivity index (χ3n) is 5.54. The smallest absolute Gasteiger partial charge is 0.277 e. The quantitative estimate of drug-likeness (QED) is 0.502. The third-order valence-corrected chi connectivity index (χ3v) is 5.54. The number of amides is 1. The molecule has 0 aliphatic heterocycles. The number of methoxy groups -OCH3 is 1. The van der Waals surface area contributed by atoms with Gasteiger partial charge in [-0.3, -0.25) is 9.59 Å². The molecule has 0 bridgehead atoms. The van der Waals surface area contributed by atoms with E-state index in [0.717, 1.165) is 11.3 Å². The maximum Gasteiger partial charge on any atom is 0.277 e. The second-order valence-corrected chi connectivity index (χ2v) is 7.48. The van der Waals surface area contributed by atoms with Gasteiger partial charge < -0.3 is 14.6 Å². The zero-order valence-corrected chi connectivity index (χ0v) is 18.1. The Morgan fingerprint density at radius 3 is 2.59 bits per heavy atom. The van der Waals surface area contributed by atoms with Gasteiger partial charge in [0.15, 0.2) is 0 Å². The van der Waals surface area contributed by atoms with Crippen molar-refractivity contribution < 1.29 is 13.9 Å². The van der Waals surface area contributed by atoms with Crippen molar-refractivity contribution in [2.75, 3.05) is 12.4 Å². The molecule has 1 N–H and O–H groups in total. The lowest BCUT2D eigenvalue weighted by Gasteiger charge is -2.12. The number of rotatable bonds is 6. The predicted molar refractivity (Wildman–Crippen MR) is 121 cm³/mol. The minimum Gasteiger partial charge on any atom is -0.496 e. The van der Waals surface area contributed by atoms with Crippen LogP contribution in [0.1, 0.15) is 17.7 Å². The van der Waals surface area contributed by atoms with Gasteiger partial charge >= 0.3 is 0 Å². The number of para-hydroxylation sites is 1. The van der Waals surface area contributed by atoms with Crippen molar-refractivity contribution >= 4 is 17.2 Å². The van der Waals surface area contributed by atoms with Gasteiger partial charge in [0.05, 0.1) is 12.8 Å². The average Bonchev–Trinajstić information content (AvgIpc) is 3.25. The van der Waals surface area contributed by atoms with Crippen LogP contribution < -0.4 is 15.6 Å². The van der Waals surface area contributed by atoms with Crippen LogP contribution in [0.25, 0.3) is 16.9 Å². The second-order valence-electron chi connectivity index (χ2n) is 7.48. The van der Waals surface area contributed by atoms with Crippen LogP contribution in [0.3, 0.4) is 0 Å². The summed E-state index contributed by atoms with van der Waals surface area (Å²) >= 11 is 0. The molecule has 0 fully saturated rings. The Morgan fingerprint density at radius 1 is 1.16 bits per heavy atom. The summed E-state index contributed by atoms with van der Waals surface area (Å²) in [5, 5.41) is 7.24. The minimum atomic E-state index is -0.373. The zero-order valence-electron chi connectivity index (χ0n) is 18.1. The number of carbonyl (C=O) groups is 1. The fourth-order valence-electron chi connectivity index (χ4n) is 3.69. The van der Waals surface area contributed by atoms with Crippen LogP contribution in [0, 0.1) is 12.7 Å². The molecule has 4 aromatic rings. The van der Waals surface area contributed by atoms with Gasteiger partial charge in [-0.15, -0.1) is 0 Å². The van der Waals surface area contributed by atoms with Crippen LogP contribution in [0.5, 0.6) is 5.75 Å². The number of ether oxygens (including phenoxy) is 1. The first kappa shape index (κ1) is 21.3. The maximum absolute atomic E-state index is 13.2. The first-order valence-corrected chi connectivity index (χ1v) is 10.2. The zero-order chi connectivity index (χ0) is 22.8. The number of nitrogens with one attached hydrogen (secondary N) is 1. The van der Waals surface area contributed by atoms with E-state index in [1.165, 1.54) is 28.8 Å². The van der Waals surface area contributed by atoms with Gasteiger partial charge in [0.25, 0.3) is 5.56 Å². The molecule has 0 saturated heterocycles. The summed E-state index contributed by atoms with van der Waals surface area (Å²) in [7, 11) is 3.45. The van der Waals surface area contributed by atoms with Crippen molar-refractivity contribution in [2.45, 2.75) is 19.8 Å². The molecule has 0 aliphatic carbocycles. The number of hydrogen-bond donors (Lipinski definition) is 1. The standard InChI is InChI=1S/C24H23FN4O3/c1-15-18(12-13-22(30)26-17-10-8-16(25)9-11-17)24(31)29-23(28(15)2)14-20(27-29)19-6-4-5-7-21(19)32-3/h4-11,14H,12-13H2,1-3H3,(H,26,30). The molecule has 1 amide bonds. The van der Waals surface area contributed by atoms with Crippen LogP contribution in [0.4, 0.5) is 10.1 Å². The molecule has 0 unspecified atom stereocenters. The molecule has 7 nitrogen and oxygen atoms in total. The van der Waals surface area contributed by atoms with E-state index in [1.807, 2.05) is 48.9 Å². The van der Waals surface area contributed by atoms with E-state index >= 15 is 0 Å². The Kier molecular flexibility index (Phi) is 5.77. The number of fused-ring (bicyclic) bond motifs is 1. The Bertz CT molecular complexity index is 1360. The highest BCUT2D eigenvalue weighted by atomic mass is 19.1. The lowest BCUT2D eigenvalue weighted by Crippen LogP contribution is -2.26. The predicted octanol–water partition coefficient (Wildman–Crippen LogP) is 3.73. The molecule has 0 spiro atoms. The molecule has 32 heavy (non-hydrogen) atoms. The molecule has 4 rings (SSSR count). The van der Waals surface area contributed by atoms with Gasteiger partial charge in [-0.05, 0) is 49.7 Å². The summed E-state index contributed by atoms with van der Waals surface area (Å²) in [6.07, 6.45) is 0.366. The summed E-state index contributed by atoms with van der Waals surface area (Å²) in [5.74, 6) is 0.0379. The molecule has 164 valence electrons. The van der Waals surface area contributed by atoms with Gasteiger partial charge in [-0.1, -0.05) is 12.1 Å². The number of hydrogen-bond acceptors (Lipinski definition) is 4. The number of aromatic nitrogens is 3. The van der Waals surface area contributed by atoms with E-state index in [-0.39, 0.29) is 30.1 Å². The summed E-state index contributed by atoms with van der Waals surface area (Å²) in [6.45, 7) is 1.85. The molecule has 0 aliphatic rings. The number of carbonyl (C=O) groups excluding carboxylic acids is 1. The molecule has 0 saturated carbocycles. The summed E-state index contributed by atoms with van der Waals surface area (Å²) in [5.41, 5.74) is 3.59. The molecular weight excluding hydrogens is 411 g/mol. The van der Waals surface area contributed by atoms with Crippen LogP contribution in [0.15, 0.2) is 59.4 Å². The normalized spacial score (nSPS) is 11.0. The van der Waals surface area contributed by atoms with Crippen molar-refractivity contribution in [3.05, 3.63) is 82.0 Å². The van der Waals surface area contributed by atoms with Crippen molar-refractivity contribution in [3.8, 4) is 17.0 Å². The Balaban J connectivity index is 1.63. The molecule has 2 heterocycles. The van der Waals surface area contributed by atoms with Gasteiger partial charge in [0, 0.05) is 42.0 Å². The lowest BCUT2D eigenvalue weighted by molar-refractivity contribution is -0.116. The third kappa shape index (κ3) is 3.99. The van der Waals surface area contributed by atoms with Gasteiger partial charge in [-0.2, -0.15) is 9.61 Å². The van der Waals surface area contributed by atoms with Crippen LogP contribution in [-0.2, 0) is 18.3 Å². The number of benzene rings is 2. The van der Waals surface area contributed by atoms with E-state index < -0.39 is 0 Å². The monoisotopic (exact) mass is 434 g/mol. The van der Waals surface area contributed by atoms with Gasteiger partial charge in [-0.25, -0.2) is 4.39 Å². The fourth-order valence-corrected chi connectivity index (χ4v) is 3.69. The first-order valence-electron chi connectivity index (χ1n) is 10.2. The lowest BCUT2D eigenvalue weighted by atomic mass is 10.1. The SMILES string of the molecule is COc1ccccc1-c1cc2n(C)c(C)c(CCC(=O)Nc3ccc(F)cc3)c(=O)n2n1. The highest BCUT2D eigenvalue weighted by Crippen LogP contribution is 2.29. The van der Waals surface area contributed by atoms with Crippen LogP contribution in [-0.4, -0.2) is 27.2 Å². The van der Waals surface area contributed by atoms with Crippen molar-refractivity contribution in [1.29, 1.82) is 0 Å². The minimum absolute atomic E-state index is 0.111. The molecule has 2 aromatic carbocycles. The van der Waals surface area contributed by atoms with Crippen molar-refractivity contribution in [2.24, 2.45) is 7.05 Å². The van der Waals surface area contributed by atoms with E-state index in [2.05, 4.69) is 10.4 Å². The summed E-state index contributed by atoms with van der Waals surface area (Å²) in [4.78, 5) is 25.5. The molecule has 0 atom stereocenters. The number of aryl methyl sites for hydroxylation is 1. The number of anilines is 1. The second kappa shape index (κ2) is 8.66. The van der Waals surface area contributed by atoms with E-state index in [4.69, 9.17) is 4.74 Å². The molecule has 2 aromatic heterocycles. The fraction of sp³-hybridized carbons (Fsp3) is 0.208. The molecular formula is C24H23FN4O3. The Morgan fingerprint density at radius 2 is 1.88 bits per heavy atom. The summed E-state index contributed by atoms with van der Waals surface area (Å²) < 4.78 is 21.7. The Hall–Kier alpha value is -3.94. The van der Waals surface area contributed by atoms with Gasteiger partial charge in [0.2, 0.25) is 5.91 Å².